The van der Waals surface area contributed by atoms with E-state index >= 15 is 0 Å². The van der Waals surface area contributed by atoms with Gasteiger partial charge in [-0.25, -0.2) is 4.68 Å². The van der Waals surface area contributed by atoms with E-state index in [-0.39, 0.29) is 5.78 Å². The minimum atomic E-state index is 0.0692. The van der Waals surface area contributed by atoms with E-state index in [2.05, 4.69) is 27.1 Å². The van der Waals surface area contributed by atoms with Gasteiger partial charge in [-0.3, -0.25) is 4.79 Å². The minimum Gasteiger partial charge on any atom is -0.312 e. The quantitative estimate of drug-likeness (QED) is 0.825. The summed E-state index contributed by atoms with van der Waals surface area (Å²) in [6.45, 7) is 1.82. The van der Waals surface area contributed by atoms with Crippen LogP contribution in [-0.2, 0) is 6.42 Å². The summed E-state index contributed by atoms with van der Waals surface area (Å²) >= 11 is 1.66. The Labute approximate surface area is 109 Å². The minimum absolute atomic E-state index is 0.0692. The second-order valence-electron chi connectivity index (χ2n) is 4.45. The number of thiophene rings is 1. The molecule has 0 unspecified atom stereocenters. The molecular formula is C12H14N4OS. The van der Waals surface area contributed by atoms with Crippen LogP contribution in [0.3, 0.4) is 0 Å². The van der Waals surface area contributed by atoms with Crippen LogP contribution < -0.4 is 5.32 Å². The van der Waals surface area contributed by atoms with E-state index < -0.39 is 0 Å². The molecule has 1 aliphatic rings. The van der Waals surface area contributed by atoms with Crippen LogP contribution in [0.25, 0.3) is 0 Å². The van der Waals surface area contributed by atoms with Gasteiger partial charge >= 0.3 is 0 Å². The number of nitrogens with zero attached hydrogens (tertiary/aromatic N) is 3. The van der Waals surface area contributed by atoms with E-state index in [1.165, 1.54) is 5.56 Å². The first kappa shape index (κ1) is 11.6. The van der Waals surface area contributed by atoms with Crippen LogP contribution in [0.2, 0.25) is 0 Å². The number of aryl methyl sites for hydroxylation is 1. The largest absolute Gasteiger partial charge is 0.312 e. The van der Waals surface area contributed by atoms with E-state index in [1.54, 1.807) is 22.2 Å². The Morgan fingerprint density at radius 3 is 3.11 bits per heavy atom. The maximum Gasteiger partial charge on any atom is 0.185 e. The van der Waals surface area contributed by atoms with Crippen LogP contribution in [0.1, 0.15) is 28.5 Å². The molecule has 0 spiro atoms. The van der Waals surface area contributed by atoms with Crippen molar-refractivity contribution in [2.75, 3.05) is 13.1 Å². The number of hydrogen-bond acceptors (Lipinski definition) is 5. The van der Waals surface area contributed by atoms with Crippen LogP contribution in [-0.4, -0.2) is 33.9 Å². The molecule has 1 fully saturated rings. The van der Waals surface area contributed by atoms with Crippen molar-refractivity contribution in [3.05, 3.63) is 34.3 Å². The first-order valence-corrected chi connectivity index (χ1v) is 6.94. The molecule has 1 N–H and O–H groups in total. The summed E-state index contributed by atoms with van der Waals surface area (Å²) in [4.78, 5) is 12.0. The molecule has 0 aliphatic carbocycles. The van der Waals surface area contributed by atoms with Gasteiger partial charge in [-0.05, 0) is 28.8 Å². The normalized spacial score (nSPS) is 15.6. The second-order valence-corrected chi connectivity index (χ2v) is 5.23. The zero-order valence-electron chi connectivity index (χ0n) is 9.87. The Bertz CT molecular complexity index is 530. The van der Waals surface area contributed by atoms with Crippen molar-refractivity contribution < 1.29 is 4.79 Å². The highest BCUT2D eigenvalue weighted by atomic mass is 32.1. The summed E-state index contributed by atoms with van der Waals surface area (Å²) in [6, 6.07) is 2.41. The first-order valence-electron chi connectivity index (χ1n) is 6.00. The smallest absolute Gasteiger partial charge is 0.185 e. The molecule has 0 bridgehead atoms. The number of carbonyl (C=O) groups is 1. The Balaban J connectivity index is 1.59. The molecule has 94 valence electrons. The molecule has 2 aromatic heterocycles. The lowest BCUT2D eigenvalue weighted by Crippen LogP contribution is -2.43. The van der Waals surface area contributed by atoms with Crippen molar-refractivity contribution >= 4 is 17.1 Å². The molecule has 5 nitrogen and oxygen atoms in total. The van der Waals surface area contributed by atoms with Crippen LogP contribution in [0.4, 0.5) is 0 Å². The summed E-state index contributed by atoms with van der Waals surface area (Å²) in [5.41, 5.74) is 1.70. The van der Waals surface area contributed by atoms with Gasteiger partial charge in [0.1, 0.15) is 5.69 Å². The van der Waals surface area contributed by atoms with Gasteiger partial charge in [0.15, 0.2) is 5.78 Å². The molecule has 0 amide bonds. The molecule has 3 rings (SSSR count). The third-order valence-corrected chi connectivity index (χ3v) is 3.88. The molecular weight excluding hydrogens is 248 g/mol. The van der Waals surface area contributed by atoms with Gasteiger partial charge in [-0.15, -0.1) is 5.10 Å². The number of nitrogens with one attached hydrogen (secondary N) is 1. The highest BCUT2D eigenvalue weighted by molar-refractivity contribution is 7.07. The SMILES string of the molecule is O=C(CCc1ccsc1)c1cn(C2CNC2)nn1. The molecule has 0 aromatic carbocycles. The summed E-state index contributed by atoms with van der Waals surface area (Å²) in [7, 11) is 0. The molecule has 0 atom stereocenters. The van der Waals surface area contributed by atoms with E-state index in [4.69, 9.17) is 0 Å². The van der Waals surface area contributed by atoms with E-state index in [0.717, 1.165) is 19.5 Å². The average Bonchev–Trinajstić information content (AvgIpc) is 2.94. The van der Waals surface area contributed by atoms with E-state index in [0.29, 0.717) is 18.2 Å². The zero-order valence-corrected chi connectivity index (χ0v) is 10.7. The number of Topliss-reactive ketones (excluding diaryl/α,β-unsaturated/α-hetero) is 1. The lowest BCUT2D eigenvalue weighted by molar-refractivity contribution is 0.0978. The number of ketones is 1. The molecule has 1 aliphatic heterocycles. The van der Waals surface area contributed by atoms with E-state index in [1.807, 2.05) is 5.38 Å². The maximum absolute atomic E-state index is 12.0. The van der Waals surface area contributed by atoms with Crippen molar-refractivity contribution in [1.82, 2.24) is 20.3 Å². The number of aromatic nitrogens is 3. The summed E-state index contributed by atoms with van der Waals surface area (Å²) in [5, 5.41) is 15.2. The summed E-state index contributed by atoms with van der Waals surface area (Å²) in [5.74, 6) is 0.0692. The van der Waals surface area contributed by atoms with Gasteiger partial charge in [0, 0.05) is 19.5 Å². The fourth-order valence-corrected chi connectivity index (χ4v) is 2.57. The van der Waals surface area contributed by atoms with Gasteiger partial charge in [0.05, 0.1) is 12.2 Å². The number of carbonyl (C=O) groups excluding carboxylic acids is 1. The fourth-order valence-electron chi connectivity index (χ4n) is 1.86. The van der Waals surface area contributed by atoms with Crippen LogP contribution in [0.15, 0.2) is 23.0 Å². The monoisotopic (exact) mass is 262 g/mol. The first-order chi connectivity index (χ1) is 8.83. The zero-order chi connectivity index (χ0) is 12.4. The van der Waals surface area contributed by atoms with E-state index in [9.17, 15) is 4.79 Å². The topological polar surface area (TPSA) is 59.8 Å². The number of hydrogen-bond donors (Lipinski definition) is 1. The van der Waals surface area contributed by atoms with Crippen molar-refractivity contribution in [3.8, 4) is 0 Å². The molecule has 1 saturated heterocycles. The van der Waals surface area contributed by atoms with Gasteiger partial charge in [0.25, 0.3) is 0 Å². The highest BCUT2D eigenvalue weighted by Crippen LogP contribution is 2.13. The third-order valence-electron chi connectivity index (χ3n) is 3.15. The Hall–Kier alpha value is -1.53. The van der Waals surface area contributed by atoms with Crippen molar-refractivity contribution in [1.29, 1.82) is 0 Å². The summed E-state index contributed by atoms with van der Waals surface area (Å²) in [6.07, 6.45) is 3.04. The van der Waals surface area contributed by atoms with Crippen molar-refractivity contribution in [3.63, 3.8) is 0 Å². The molecule has 6 heteroatoms. The van der Waals surface area contributed by atoms with Gasteiger partial charge in [0.2, 0.25) is 0 Å². The predicted octanol–water partition coefficient (Wildman–Crippen LogP) is 1.30. The predicted molar refractivity (Wildman–Crippen MR) is 68.9 cm³/mol. The standard InChI is InChI=1S/C12H14N4OS/c17-12(2-1-9-3-4-18-8-9)11-7-16(15-14-11)10-5-13-6-10/h3-4,7-8,10,13H,1-2,5-6H2. The molecule has 0 saturated carbocycles. The highest BCUT2D eigenvalue weighted by Gasteiger charge is 2.21. The molecule has 18 heavy (non-hydrogen) atoms. The van der Waals surface area contributed by atoms with Crippen LogP contribution >= 0.6 is 11.3 Å². The van der Waals surface area contributed by atoms with Crippen LogP contribution in [0.5, 0.6) is 0 Å². The number of rotatable bonds is 5. The Kier molecular flexibility index (Phi) is 3.21. The lowest BCUT2D eigenvalue weighted by Gasteiger charge is -2.26. The fraction of sp³-hybridized carbons (Fsp3) is 0.417. The third kappa shape index (κ3) is 2.34. The molecule has 0 radical (unpaired) electrons. The lowest BCUT2D eigenvalue weighted by atomic mass is 10.1. The maximum atomic E-state index is 12.0. The Morgan fingerprint density at radius 1 is 1.56 bits per heavy atom. The Morgan fingerprint density at radius 2 is 2.44 bits per heavy atom. The second kappa shape index (κ2) is 4.99. The summed E-state index contributed by atoms with van der Waals surface area (Å²) < 4.78 is 1.79. The molecule has 2 aromatic rings. The van der Waals surface area contributed by atoms with Gasteiger partial charge < -0.3 is 5.32 Å². The van der Waals surface area contributed by atoms with Crippen LogP contribution in [0, 0.1) is 0 Å². The van der Waals surface area contributed by atoms with Crippen molar-refractivity contribution in [2.24, 2.45) is 0 Å². The van der Waals surface area contributed by atoms with Crippen molar-refractivity contribution in [2.45, 2.75) is 18.9 Å². The van der Waals surface area contributed by atoms with Gasteiger partial charge in [-0.2, -0.15) is 11.3 Å². The average molecular weight is 262 g/mol. The van der Waals surface area contributed by atoms with Gasteiger partial charge in [-0.1, -0.05) is 5.21 Å². The molecule has 3 heterocycles.